The van der Waals surface area contributed by atoms with E-state index in [0.717, 1.165) is 5.56 Å². The summed E-state index contributed by atoms with van der Waals surface area (Å²) in [6, 6.07) is 26.8. The van der Waals surface area contributed by atoms with Crippen molar-refractivity contribution in [3.63, 3.8) is 0 Å². The van der Waals surface area contributed by atoms with Crippen LogP contribution in [0.2, 0.25) is 0 Å². The van der Waals surface area contributed by atoms with Gasteiger partial charge in [-0.15, -0.1) is 0 Å². The molecule has 0 unspecified atom stereocenters. The minimum absolute atomic E-state index is 0.0939. The van der Waals surface area contributed by atoms with Gasteiger partial charge in [-0.3, -0.25) is 0 Å². The molecule has 1 aromatic heterocycles. The number of para-hydroxylation sites is 2. The second kappa shape index (κ2) is 6.79. The quantitative estimate of drug-likeness (QED) is 0.447. The highest BCUT2D eigenvalue weighted by atomic mass is 15.0. The Labute approximate surface area is 153 Å². The number of aromatic nitrogens is 1. The molecule has 0 amide bonds. The normalized spacial score (nSPS) is 11.7. The summed E-state index contributed by atoms with van der Waals surface area (Å²) in [7, 11) is 0. The van der Waals surface area contributed by atoms with Crippen molar-refractivity contribution in [2.24, 2.45) is 0 Å². The summed E-state index contributed by atoms with van der Waals surface area (Å²) in [4.78, 5) is 0. The first-order valence-corrected chi connectivity index (χ1v) is 8.72. The van der Waals surface area contributed by atoms with Crippen molar-refractivity contribution in [1.82, 2.24) is 4.57 Å². The van der Waals surface area contributed by atoms with E-state index in [2.05, 4.69) is 77.9 Å². The zero-order chi connectivity index (χ0) is 17.9. The van der Waals surface area contributed by atoms with E-state index in [9.17, 15) is 0 Å². The third kappa shape index (κ3) is 2.83. The fourth-order valence-corrected chi connectivity index (χ4v) is 3.41. The molecule has 0 fully saturated rings. The summed E-state index contributed by atoms with van der Waals surface area (Å²) in [5.41, 5.74) is 4.18. The van der Waals surface area contributed by atoms with Crippen molar-refractivity contribution in [2.75, 3.05) is 0 Å². The predicted octanol–water partition coefficient (Wildman–Crippen LogP) is 5.47. The van der Waals surface area contributed by atoms with Crippen LogP contribution in [0.1, 0.15) is 24.0 Å². The van der Waals surface area contributed by atoms with Crippen molar-refractivity contribution >= 4 is 21.8 Å². The maximum atomic E-state index is 9.06. The molecule has 2 nitrogen and oxygen atoms in total. The molecule has 0 radical (unpaired) electrons. The molecule has 26 heavy (non-hydrogen) atoms. The van der Waals surface area contributed by atoms with Gasteiger partial charge in [-0.05, 0) is 36.8 Å². The Morgan fingerprint density at radius 3 is 2.19 bits per heavy atom. The number of fused-ring (bicyclic) bond motifs is 3. The third-order valence-corrected chi connectivity index (χ3v) is 4.75. The van der Waals surface area contributed by atoms with Gasteiger partial charge in [0.05, 0.1) is 18.2 Å². The second-order valence-electron chi connectivity index (χ2n) is 6.40. The Bertz CT molecular complexity index is 1140. The molecule has 0 aliphatic heterocycles. The topological polar surface area (TPSA) is 28.7 Å². The Balaban J connectivity index is 1.68. The van der Waals surface area contributed by atoms with E-state index in [1.54, 1.807) is 0 Å². The van der Waals surface area contributed by atoms with Gasteiger partial charge in [0.25, 0.3) is 0 Å². The van der Waals surface area contributed by atoms with Crippen LogP contribution in [0.4, 0.5) is 0 Å². The van der Waals surface area contributed by atoms with Crippen LogP contribution in [0, 0.1) is 23.2 Å². The van der Waals surface area contributed by atoms with Gasteiger partial charge in [0.15, 0.2) is 0 Å². The highest BCUT2D eigenvalue weighted by Crippen LogP contribution is 2.28. The highest BCUT2D eigenvalue weighted by Gasteiger charge is 2.08. The number of hydrogen-bond donors (Lipinski definition) is 0. The Hall–Kier alpha value is -3.49. The summed E-state index contributed by atoms with van der Waals surface area (Å²) in [6.07, 6.45) is 0. The molecule has 4 rings (SSSR count). The minimum atomic E-state index is 0.0939. The average molecular weight is 334 g/mol. The average Bonchev–Trinajstić information content (AvgIpc) is 3.02. The third-order valence-electron chi connectivity index (χ3n) is 4.75. The van der Waals surface area contributed by atoms with Crippen LogP contribution in [0.3, 0.4) is 0 Å². The standard InChI is InChI=1S/C24H18N2/c1-18(20-10-6-9-19(16-20)17-25)8-7-15-26-23-13-4-2-11-21(23)22-12-3-5-14-24(22)26/h2-6,9-14,16,18H,15H2,1H3/t18-/m0/s1. The molecule has 3 aromatic carbocycles. The van der Waals surface area contributed by atoms with Crippen LogP contribution in [0.25, 0.3) is 21.8 Å². The van der Waals surface area contributed by atoms with E-state index < -0.39 is 0 Å². The van der Waals surface area contributed by atoms with Crippen molar-refractivity contribution in [3.8, 4) is 17.9 Å². The Morgan fingerprint density at radius 2 is 1.54 bits per heavy atom. The molecule has 0 N–H and O–H groups in total. The summed E-state index contributed by atoms with van der Waals surface area (Å²) < 4.78 is 2.27. The largest absolute Gasteiger partial charge is 0.329 e. The van der Waals surface area contributed by atoms with Gasteiger partial charge < -0.3 is 4.57 Å². The zero-order valence-electron chi connectivity index (χ0n) is 14.6. The maximum absolute atomic E-state index is 9.06. The van der Waals surface area contributed by atoms with Gasteiger partial charge in [0.2, 0.25) is 0 Å². The Kier molecular flexibility index (Phi) is 4.18. The number of rotatable bonds is 2. The lowest BCUT2D eigenvalue weighted by atomic mass is 10.00. The lowest BCUT2D eigenvalue weighted by molar-refractivity contribution is 0.915. The molecule has 4 aromatic rings. The monoisotopic (exact) mass is 334 g/mol. The van der Waals surface area contributed by atoms with Crippen molar-refractivity contribution in [2.45, 2.75) is 19.4 Å². The molecule has 0 bridgehead atoms. The second-order valence-corrected chi connectivity index (χ2v) is 6.40. The molecule has 1 heterocycles. The van der Waals surface area contributed by atoms with E-state index in [1.807, 2.05) is 24.3 Å². The van der Waals surface area contributed by atoms with Crippen LogP contribution in [-0.2, 0) is 6.54 Å². The van der Waals surface area contributed by atoms with Crippen molar-refractivity contribution in [3.05, 3.63) is 83.9 Å². The molecule has 0 aliphatic rings. The number of hydrogen-bond acceptors (Lipinski definition) is 1. The molecule has 0 aliphatic carbocycles. The van der Waals surface area contributed by atoms with Crippen LogP contribution in [0.15, 0.2) is 72.8 Å². The molecule has 1 atom stereocenters. The van der Waals surface area contributed by atoms with E-state index in [0.29, 0.717) is 12.1 Å². The van der Waals surface area contributed by atoms with Gasteiger partial charge in [-0.25, -0.2) is 0 Å². The first-order valence-electron chi connectivity index (χ1n) is 8.72. The number of nitrogens with zero attached hydrogens (tertiary/aromatic N) is 2. The zero-order valence-corrected chi connectivity index (χ0v) is 14.6. The number of benzene rings is 3. The summed E-state index contributed by atoms with van der Waals surface area (Å²) in [6.45, 7) is 2.73. The SMILES string of the molecule is C[C@@H](C#CCn1c2ccccc2c2ccccc21)c1cccc(C#N)c1. The molecule has 2 heteroatoms. The van der Waals surface area contributed by atoms with E-state index >= 15 is 0 Å². The Morgan fingerprint density at radius 1 is 0.885 bits per heavy atom. The lowest BCUT2D eigenvalue weighted by Gasteiger charge is -2.05. The van der Waals surface area contributed by atoms with Crippen molar-refractivity contribution < 1.29 is 0 Å². The van der Waals surface area contributed by atoms with Crippen LogP contribution >= 0.6 is 0 Å². The molecule has 124 valence electrons. The van der Waals surface area contributed by atoms with Crippen LogP contribution in [0.5, 0.6) is 0 Å². The summed E-state index contributed by atoms with van der Waals surface area (Å²) in [5.74, 6) is 6.77. The first kappa shape index (κ1) is 16.0. The molecule has 0 spiro atoms. The number of nitriles is 1. The van der Waals surface area contributed by atoms with Gasteiger partial charge >= 0.3 is 0 Å². The van der Waals surface area contributed by atoms with Gasteiger partial charge in [-0.1, -0.05) is 60.4 Å². The van der Waals surface area contributed by atoms with E-state index in [-0.39, 0.29) is 5.92 Å². The lowest BCUT2D eigenvalue weighted by Crippen LogP contribution is -1.96. The van der Waals surface area contributed by atoms with Crippen LogP contribution in [-0.4, -0.2) is 4.57 Å². The van der Waals surface area contributed by atoms with Gasteiger partial charge in [0, 0.05) is 27.7 Å². The summed E-state index contributed by atoms with van der Waals surface area (Å²) in [5, 5.41) is 11.6. The van der Waals surface area contributed by atoms with E-state index in [4.69, 9.17) is 5.26 Å². The minimum Gasteiger partial charge on any atom is -0.329 e. The fourth-order valence-electron chi connectivity index (χ4n) is 3.41. The first-order chi connectivity index (χ1) is 12.8. The fraction of sp³-hybridized carbons (Fsp3) is 0.125. The highest BCUT2D eigenvalue weighted by molar-refractivity contribution is 6.08. The van der Waals surface area contributed by atoms with E-state index in [1.165, 1.54) is 21.8 Å². The molecular formula is C24H18N2. The van der Waals surface area contributed by atoms with Gasteiger partial charge in [0.1, 0.15) is 0 Å². The predicted molar refractivity (Wildman–Crippen MR) is 107 cm³/mol. The molecule has 0 saturated carbocycles. The smallest absolute Gasteiger partial charge is 0.0991 e. The molecule has 0 saturated heterocycles. The maximum Gasteiger partial charge on any atom is 0.0991 e. The van der Waals surface area contributed by atoms with Crippen LogP contribution < -0.4 is 0 Å². The molecular weight excluding hydrogens is 316 g/mol. The van der Waals surface area contributed by atoms with Crippen molar-refractivity contribution in [1.29, 1.82) is 5.26 Å². The summed E-state index contributed by atoms with van der Waals surface area (Å²) >= 11 is 0. The van der Waals surface area contributed by atoms with Gasteiger partial charge in [-0.2, -0.15) is 5.26 Å².